The van der Waals surface area contributed by atoms with Gasteiger partial charge >= 0.3 is 0 Å². The maximum absolute atomic E-state index is 12.8. The van der Waals surface area contributed by atoms with Crippen LogP contribution >= 0.6 is 0 Å². The maximum atomic E-state index is 12.8. The van der Waals surface area contributed by atoms with Gasteiger partial charge in [-0.15, -0.1) is 0 Å². The average Bonchev–Trinajstić information content (AvgIpc) is 3.54. The van der Waals surface area contributed by atoms with E-state index in [0.29, 0.717) is 6.54 Å². The van der Waals surface area contributed by atoms with Gasteiger partial charge in [0.25, 0.3) is 0 Å². The standard InChI is InChI=1S/C23H23N7O2/c1-2-21(31)29-19-6-3-5-16(19)23(32)25-12-14-11-17-15(8-10-24-22(17)28-14)18-13-27-30-20(18)7-4-9-26-30/h2,4,7-11,13,16,19H,1,3,5-6,12H2,(H,24,28)(H,25,32)(H,29,31)/t16-,19-/m0/s1. The molecule has 1 aliphatic carbocycles. The highest BCUT2D eigenvalue weighted by Gasteiger charge is 2.33. The summed E-state index contributed by atoms with van der Waals surface area (Å²) in [6, 6.07) is 7.65. The Balaban J connectivity index is 1.35. The lowest BCUT2D eigenvalue weighted by Gasteiger charge is -2.19. The summed E-state index contributed by atoms with van der Waals surface area (Å²) < 4.78 is 1.60. The van der Waals surface area contributed by atoms with Gasteiger partial charge in [-0.3, -0.25) is 9.59 Å². The van der Waals surface area contributed by atoms with Crippen molar-refractivity contribution >= 4 is 28.4 Å². The van der Waals surface area contributed by atoms with E-state index in [0.717, 1.165) is 52.6 Å². The summed E-state index contributed by atoms with van der Waals surface area (Å²) in [6.07, 6.45) is 8.95. The SMILES string of the molecule is C=CC(=O)N[C@H]1CCC[C@@H]1C(=O)NCc1cc2c(-c3cnn4ncccc34)ccnc2[nH]1. The highest BCUT2D eigenvalue weighted by Crippen LogP contribution is 2.31. The molecule has 0 saturated heterocycles. The zero-order chi connectivity index (χ0) is 22.1. The van der Waals surface area contributed by atoms with Crippen molar-refractivity contribution in [1.29, 1.82) is 0 Å². The van der Waals surface area contributed by atoms with Gasteiger partial charge in [-0.1, -0.05) is 13.0 Å². The molecule has 2 amide bonds. The van der Waals surface area contributed by atoms with Gasteiger partial charge < -0.3 is 15.6 Å². The quantitative estimate of drug-likeness (QED) is 0.407. The molecule has 0 aliphatic heterocycles. The third-order valence-corrected chi connectivity index (χ3v) is 6.00. The van der Waals surface area contributed by atoms with Gasteiger partial charge in [-0.2, -0.15) is 14.8 Å². The molecule has 1 fully saturated rings. The van der Waals surface area contributed by atoms with Crippen LogP contribution in [0.25, 0.3) is 27.7 Å². The molecule has 0 bridgehead atoms. The average molecular weight is 429 g/mol. The number of hydrogen-bond donors (Lipinski definition) is 3. The molecular formula is C23H23N7O2. The van der Waals surface area contributed by atoms with Crippen LogP contribution < -0.4 is 10.6 Å². The van der Waals surface area contributed by atoms with Gasteiger partial charge in [0.15, 0.2) is 0 Å². The summed E-state index contributed by atoms with van der Waals surface area (Å²) in [7, 11) is 0. The number of amides is 2. The smallest absolute Gasteiger partial charge is 0.243 e. The molecule has 3 N–H and O–H groups in total. The molecular weight excluding hydrogens is 406 g/mol. The van der Waals surface area contributed by atoms with Gasteiger partial charge in [-0.25, -0.2) is 4.98 Å². The molecule has 0 radical (unpaired) electrons. The molecule has 1 saturated carbocycles. The van der Waals surface area contributed by atoms with Crippen LogP contribution in [0, 0.1) is 5.92 Å². The van der Waals surface area contributed by atoms with Crippen molar-refractivity contribution in [3.8, 4) is 11.1 Å². The Bertz CT molecular complexity index is 1320. The molecule has 0 aromatic carbocycles. The lowest BCUT2D eigenvalue weighted by molar-refractivity contribution is -0.126. The molecule has 4 aromatic heterocycles. The molecule has 0 spiro atoms. The Kier molecular flexibility index (Phi) is 5.14. The number of nitrogens with zero attached hydrogens (tertiary/aromatic N) is 4. The second-order valence-electron chi connectivity index (χ2n) is 7.95. The van der Waals surface area contributed by atoms with Crippen LogP contribution in [-0.4, -0.2) is 42.7 Å². The summed E-state index contributed by atoms with van der Waals surface area (Å²) in [6.45, 7) is 3.83. The highest BCUT2D eigenvalue weighted by molar-refractivity contribution is 5.97. The summed E-state index contributed by atoms with van der Waals surface area (Å²) >= 11 is 0. The molecule has 0 unspecified atom stereocenters. The fraction of sp³-hybridized carbons (Fsp3) is 0.261. The predicted octanol–water partition coefficient (Wildman–Crippen LogP) is 2.36. The van der Waals surface area contributed by atoms with Gasteiger partial charge in [0.05, 0.1) is 24.2 Å². The minimum atomic E-state index is -0.244. The Morgan fingerprint density at radius 3 is 3.00 bits per heavy atom. The number of hydrogen-bond acceptors (Lipinski definition) is 5. The van der Waals surface area contributed by atoms with Crippen LogP contribution in [-0.2, 0) is 16.1 Å². The zero-order valence-corrected chi connectivity index (χ0v) is 17.4. The van der Waals surface area contributed by atoms with Gasteiger partial charge in [0, 0.05) is 35.1 Å². The van der Waals surface area contributed by atoms with Gasteiger partial charge in [-0.05, 0) is 48.7 Å². The van der Waals surface area contributed by atoms with Crippen LogP contribution in [0.4, 0.5) is 0 Å². The van der Waals surface area contributed by atoms with Crippen LogP contribution in [0.15, 0.2) is 55.5 Å². The Morgan fingerprint density at radius 2 is 2.12 bits per heavy atom. The third kappa shape index (κ3) is 3.62. The Morgan fingerprint density at radius 1 is 1.22 bits per heavy atom. The first kappa shape index (κ1) is 19.9. The maximum Gasteiger partial charge on any atom is 0.243 e. The second kappa shape index (κ2) is 8.26. The highest BCUT2D eigenvalue weighted by atomic mass is 16.2. The topological polar surface area (TPSA) is 117 Å². The number of aromatic amines is 1. The number of rotatable bonds is 6. The third-order valence-electron chi connectivity index (χ3n) is 6.00. The second-order valence-corrected chi connectivity index (χ2v) is 7.95. The number of fused-ring (bicyclic) bond motifs is 2. The van der Waals surface area contributed by atoms with Crippen molar-refractivity contribution in [3.05, 3.63) is 61.2 Å². The van der Waals surface area contributed by atoms with E-state index in [1.807, 2.05) is 24.3 Å². The monoisotopic (exact) mass is 429 g/mol. The summed E-state index contributed by atoms with van der Waals surface area (Å²) in [5.74, 6) is -0.535. The largest absolute Gasteiger partial charge is 0.350 e. The molecule has 4 aromatic rings. The van der Waals surface area contributed by atoms with Crippen molar-refractivity contribution < 1.29 is 9.59 Å². The van der Waals surface area contributed by atoms with Crippen LogP contribution in [0.5, 0.6) is 0 Å². The number of aromatic nitrogens is 5. The molecule has 9 nitrogen and oxygen atoms in total. The molecule has 5 rings (SSSR count). The van der Waals surface area contributed by atoms with E-state index in [9.17, 15) is 9.59 Å². The fourth-order valence-corrected chi connectivity index (χ4v) is 4.45. The van der Waals surface area contributed by atoms with E-state index in [-0.39, 0.29) is 23.8 Å². The number of H-pyrrole nitrogens is 1. The lowest BCUT2D eigenvalue weighted by Crippen LogP contribution is -2.43. The van der Waals surface area contributed by atoms with Gasteiger partial charge in [0.1, 0.15) is 5.65 Å². The van der Waals surface area contributed by atoms with Crippen molar-refractivity contribution in [2.24, 2.45) is 5.92 Å². The van der Waals surface area contributed by atoms with E-state index < -0.39 is 0 Å². The van der Waals surface area contributed by atoms with Gasteiger partial charge in [0.2, 0.25) is 11.8 Å². The summed E-state index contributed by atoms with van der Waals surface area (Å²) in [5, 5.41) is 15.4. The number of carbonyl (C=O) groups excluding carboxylic acids is 2. The predicted molar refractivity (Wildman–Crippen MR) is 119 cm³/mol. The Hall–Kier alpha value is -4.01. The molecule has 4 heterocycles. The summed E-state index contributed by atoms with van der Waals surface area (Å²) in [4.78, 5) is 32.2. The van der Waals surface area contributed by atoms with E-state index in [1.54, 1.807) is 23.2 Å². The first-order valence-corrected chi connectivity index (χ1v) is 10.6. The number of pyridine rings is 1. The molecule has 9 heteroatoms. The summed E-state index contributed by atoms with van der Waals surface area (Å²) in [5.41, 5.74) is 4.46. The Labute approximate surface area is 183 Å². The van der Waals surface area contributed by atoms with Crippen LogP contribution in [0.2, 0.25) is 0 Å². The fourth-order valence-electron chi connectivity index (χ4n) is 4.45. The van der Waals surface area contributed by atoms with E-state index in [2.05, 4.69) is 37.4 Å². The number of nitrogens with one attached hydrogen (secondary N) is 3. The van der Waals surface area contributed by atoms with E-state index in [1.165, 1.54) is 6.08 Å². The van der Waals surface area contributed by atoms with Crippen molar-refractivity contribution in [3.63, 3.8) is 0 Å². The first-order valence-electron chi connectivity index (χ1n) is 10.6. The number of carbonyl (C=O) groups is 2. The van der Waals surface area contributed by atoms with Crippen molar-refractivity contribution in [2.75, 3.05) is 0 Å². The van der Waals surface area contributed by atoms with E-state index in [4.69, 9.17) is 0 Å². The van der Waals surface area contributed by atoms with Crippen molar-refractivity contribution in [1.82, 2.24) is 35.4 Å². The van der Waals surface area contributed by atoms with Crippen LogP contribution in [0.1, 0.15) is 25.0 Å². The molecule has 162 valence electrons. The van der Waals surface area contributed by atoms with E-state index >= 15 is 0 Å². The normalized spacial score (nSPS) is 18.1. The lowest BCUT2D eigenvalue weighted by atomic mass is 10.0. The minimum Gasteiger partial charge on any atom is -0.350 e. The molecule has 32 heavy (non-hydrogen) atoms. The van der Waals surface area contributed by atoms with Crippen molar-refractivity contribution in [2.45, 2.75) is 31.8 Å². The minimum absolute atomic E-state index is 0.0580. The zero-order valence-electron chi connectivity index (χ0n) is 17.4. The van der Waals surface area contributed by atoms with Crippen LogP contribution in [0.3, 0.4) is 0 Å². The molecule has 1 aliphatic rings. The molecule has 2 atom stereocenters. The first-order chi connectivity index (χ1) is 15.6.